The van der Waals surface area contributed by atoms with Crippen LogP contribution in [0.25, 0.3) is 0 Å². The fraction of sp³-hybridized carbons (Fsp3) is 1.00. The Hall–Kier alpha value is -0.180. The van der Waals surface area contributed by atoms with Crippen molar-refractivity contribution >= 4 is 0 Å². The summed E-state index contributed by atoms with van der Waals surface area (Å²) in [6.45, 7) is 0. The second kappa shape index (κ2) is 3.44. The van der Waals surface area contributed by atoms with E-state index in [1.165, 1.54) is 6.42 Å². The van der Waals surface area contributed by atoms with Crippen LogP contribution in [0.2, 0.25) is 0 Å². The van der Waals surface area contributed by atoms with Crippen molar-refractivity contribution in [2.24, 2.45) is 11.7 Å². The van der Waals surface area contributed by atoms with Crippen LogP contribution in [0.15, 0.2) is 0 Å². The van der Waals surface area contributed by atoms with Crippen LogP contribution >= 0.6 is 0 Å². The monoisotopic (exact) mass is 203 g/mol. The second-order valence-corrected chi connectivity index (χ2v) is 5.07. The third-order valence-electron chi connectivity index (χ3n) is 3.79. The lowest BCUT2D eigenvalue weighted by molar-refractivity contribution is -0.0602. The van der Waals surface area contributed by atoms with Crippen LogP contribution < -0.4 is 5.73 Å². The van der Waals surface area contributed by atoms with Crippen molar-refractivity contribution in [1.82, 2.24) is 0 Å². The molecule has 2 aliphatic carbocycles. The summed E-state index contributed by atoms with van der Waals surface area (Å²) in [7, 11) is 0. The predicted molar refractivity (Wildman–Crippen MR) is 52.3 cm³/mol. The van der Waals surface area contributed by atoms with E-state index in [2.05, 4.69) is 0 Å². The Morgan fingerprint density at radius 3 is 2.21 bits per heavy atom. The van der Waals surface area contributed by atoms with Gasteiger partial charge in [-0.25, -0.2) is 8.78 Å². The zero-order valence-corrected chi connectivity index (χ0v) is 8.57. The highest BCUT2D eigenvalue weighted by molar-refractivity contribution is 5.09. The molecular weight excluding hydrogens is 184 g/mol. The minimum atomic E-state index is -2.62. The van der Waals surface area contributed by atoms with Crippen molar-refractivity contribution in [3.63, 3.8) is 0 Å². The standard InChI is InChI=1S/C11H19F2N/c12-11(13,10(14)6-7-10)8-9-4-2-1-3-5-9/h9H,1-8,14H2. The van der Waals surface area contributed by atoms with Gasteiger partial charge in [0.1, 0.15) is 0 Å². The largest absolute Gasteiger partial charge is 0.320 e. The van der Waals surface area contributed by atoms with Crippen LogP contribution in [-0.4, -0.2) is 11.5 Å². The number of hydrogen-bond donors (Lipinski definition) is 1. The minimum absolute atomic E-state index is 0.0313. The Kier molecular flexibility index (Phi) is 2.54. The highest BCUT2D eigenvalue weighted by Crippen LogP contribution is 2.49. The average molecular weight is 203 g/mol. The molecule has 0 saturated heterocycles. The zero-order chi connectivity index (χ0) is 10.2. The number of hydrogen-bond acceptors (Lipinski definition) is 1. The quantitative estimate of drug-likeness (QED) is 0.749. The second-order valence-electron chi connectivity index (χ2n) is 5.07. The lowest BCUT2D eigenvalue weighted by Crippen LogP contribution is -2.44. The lowest BCUT2D eigenvalue weighted by atomic mass is 9.83. The first-order valence-electron chi connectivity index (χ1n) is 5.70. The van der Waals surface area contributed by atoms with E-state index >= 15 is 0 Å². The molecule has 0 aromatic rings. The van der Waals surface area contributed by atoms with Gasteiger partial charge in [0, 0.05) is 6.42 Å². The molecule has 3 heteroatoms. The van der Waals surface area contributed by atoms with Crippen LogP contribution in [0.5, 0.6) is 0 Å². The summed E-state index contributed by atoms with van der Waals surface area (Å²) in [5.74, 6) is -2.39. The smallest absolute Gasteiger partial charge is 0.265 e. The zero-order valence-electron chi connectivity index (χ0n) is 8.57. The van der Waals surface area contributed by atoms with Gasteiger partial charge in [-0.15, -0.1) is 0 Å². The Morgan fingerprint density at radius 1 is 1.14 bits per heavy atom. The van der Waals surface area contributed by atoms with Gasteiger partial charge in [0.05, 0.1) is 5.54 Å². The van der Waals surface area contributed by atoms with Crippen molar-refractivity contribution < 1.29 is 8.78 Å². The lowest BCUT2D eigenvalue weighted by Gasteiger charge is -2.29. The summed E-state index contributed by atoms with van der Waals surface area (Å²) < 4.78 is 27.3. The summed E-state index contributed by atoms with van der Waals surface area (Å²) in [5.41, 5.74) is 4.46. The molecule has 2 rings (SSSR count). The number of nitrogens with two attached hydrogens (primary N) is 1. The van der Waals surface area contributed by atoms with Gasteiger partial charge in [0.15, 0.2) is 0 Å². The van der Waals surface area contributed by atoms with Gasteiger partial charge in [-0.2, -0.15) is 0 Å². The predicted octanol–water partition coefficient (Wildman–Crippen LogP) is 3.08. The summed E-state index contributed by atoms with van der Waals surface area (Å²) in [6.07, 6.45) is 6.47. The fourth-order valence-corrected chi connectivity index (χ4v) is 2.46. The number of halogens is 2. The summed E-state index contributed by atoms with van der Waals surface area (Å²) in [5, 5.41) is 0. The van der Waals surface area contributed by atoms with E-state index in [9.17, 15) is 8.78 Å². The van der Waals surface area contributed by atoms with Crippen LogP contribution in [0.3, 0.4) is 0 Å². The average Bonchev–Trinajstić information content (AvgIpc) is 2.86. The van der Waals surface area contributed by atoms with Crippen molar-refractivity contribution in [3.05, 3.63) is 0 Å². The maximum Gasteiger partial charge on any atom is 0.265 e. The molecule has 14 heavy (non-hydrogen) atoms. The van der Waals surface area contributed by atoms with Crippen molar-refractivity contribution in [3.8, 4) is 0 Å². The van der Waals surface area contributed by atoms with Gasteiger partial charge in [-0.1, -0.05) is 32.1 Å². The maximum absolute atomic E-state index is 13.7. The minimum Gasteiger partial charge on any atom is -0.320 e. The van der Waals surface area contributed by atoms with E-state index in [0.29, 0.717) is 12.8 Å². The molecule has 0 aromatic heterocycles. The summed E-state index contributed by atoms with van der Waals surface area (Å²) in [4.78, 5) is 0. The van der Waals surface area contributed by atoms with Gasteiger partial charge < -0.3 is 5.73 Å². The van der Waals surface area contributed by atoms with E-state index in [0.717, 1.165) is 25.7 Å². The normalized spacial score (nSPS) is 27.6. The van der Waals surface area contributed by atoms with Gasteiger partial charge in [-0.05, 0) is 18.8 Å². The topological polar surface area (TPSA) is 26.0 Å². The van der Waals surface area contributed by atoms with E-state index in [1.54, 1.807) is 0 Å². The molecule has 0 heterocycles. The van der Waals surface area contributed by atoms with Crippen LogP contribution in [0.1, 0.15) is 51.4 Å². The van der Waals surface area contributed by atoms with Gasteiger partial charge in [0.25, 0.3) is 5.92 Å². The molecule has 1 nitrogen and oxygen atoms in total. The van der Waals surface area contributed by atoms with E-state index in [-0.39, 0.29) is 12.3 Å². The summed E-state index contributed by atoms with van der Waals surface area (Å²) in [6, 6.07) is 0. The van der Waals surface area contributed by atoms with Crippen molar-refractivity contribution in [2.45, 2.75) is 62.8 Å². The molecule has 0 aromatic carbocycles. The summed E-state index contributed by atoms with van der Waals surface area (Å²) >= 11 is 0. The van der Waals surface area contributed by atoms with Gasteiger partial charge in [0.2, 0.25) is 0 Å². The Bertz CT molecular complexity index is 205. The van der Waals surface area contributed by atoms with Crippen LogP contribution in [0.4, 0.5) is 8.78 Å². The molecule has 0 radical (unpaired) electrons. The van der Waals surface area contributed by atoms with Crippen LogP contribution in [0, 0.1) is 5.92 Å². The molecule has 82 valence electrons. The Labute approximate surface area is 84.0 Å². The Balaban J connectivity index is 1.88. The third kappa shape index (κ3) is 1.92. The first kappa shape index (κ1) is 10.3. The van der Waals surface area contributed by atoms with Crippen molar-refractivity contribution in [1.29, 1.82) is 0 Å². The van der Waals surface area contributed by atoms with Crippen molar-refractivity contribution in [2.75, 3.05) is 0 Å². The molecule has 2 aliphatic rings. The first-order chi connectivity index (χ1) is 6.54. The molecule has 2 saturated carbocycles. The Morgan fingerprint density at radius 2 is 1.71 bits per heavy atom. The molecule has 0 bridgehead atoms. The molecule has 0 amide bonds. The fourth-order valence-electron chi connectivity index (χ4n) is 2.46. The van der Waals surface area contributed by atoms with Gasteiger partial charge in [-0.3, -0.25) is 0 Å². The van der Waals surface area contributed by atoms with Gasteiger partial charge >= 0.3 is 0 Å². The molecule has 0 aliphatic heterocycles. The molecule has 0 spiro atoms. The number of alkyl halides is 2. The highest BCUT2D eigenvalue weighted by Gasteiger charge is 2.59. The molecule has 2 fully saturated rings. The molecular formula is C11H19F2N. The first-order valence-corrected chi connectivity index (χ1v) is 5.70. The SMILES string of the molecule is NC1(C(F)(F)CC2CCCCC2)CC1. The van der Waals surface area contributed by atoms with E-state index < -0.39 is 11.5 Å². The van der Waals surface area contributed by atoms with E-state index in [4.69, 9.17) is 5.73 Å². The molecule has 0 unspecified atom stereocenters. The van der Waals surface area contributed by atoms with E-state index in [1.807, 2.05) is 0 Å². The number of rotatable bonds is 3. The molecule has 0 atom stereocenters. The molecule has 2 N–H and O–H groups in total. The van der Waals surface area contributed by atoms with Crippen LogP contribution in [-0.2, 0) is 0 Å². The highest BCUT2D eigenvalue weighted by atomic mass is 19.3. The maximum atomic E-state index is 13.7. The third-order valence-corrected chi connectivity index (χ3v) is 3.79.